The van der Waals surface area contributed by atoms with Crippen LogP contribution in [-0.4, -0.2) is 142 Å². The highest BCUT2D eigenvalue weighted by atomic mass is 16.7. The van der Waals surface area contributed by atoms with Crippen LogP contribution in [0.15, 0.2) is 85.1 Å². The van der Waals surface area contributed by atoms with Crippen LogP contribution in [-0.2, 0) is 33.2 Å². The number of allylic oxidation sites excluding steroid dienone is 14. The standard InChI is InChI=1S/C60H102O14/c1-3-5-7-9-11-13-15-17-19-21-22-23-24-25-26-27-28-30-32-34-36-38-40-42-44-69-46-49(72-52(62)43-41-39-37-35-33-31-29-20-18-16-14-12-10-8-6-4-2)47-70-59-58(68)56(66)54(64)51(74-59)48-71-60-57(67)55(65)53(63)50(45-61)73-60/h5,7,11,13,17,19-20,22-23,25-26,28-30,49-51,53-61,63-68H,3-4,6,8-10,12,14-16,18,21,24,27,31-48H2,1-2H3/b7-5-,13-11-,19-17-,23-22-,26-25-,29-20-,30-28-. The van der Waals surface area contributed by atoms with Crippen LogP contribution in [0.25, 0.3) is 0 Å². The molecule has 2 saturated heterocycles. The average Bonchev–Trinajstić information content (AvgIpc) is 3.40. The van der Waals surface area contributed by atoms with Crippen molar-refractivity contribution in [2.24, 2.45) is 0 Å². The van der Waals surface area contributed by atoms with Gasteiger partial charge in [0.05, 0.1) is 26.4 Å². The van der Waals surface area contributed by atoms with Crippen LogP contribution in [0.1, 0.15) is 187 Å². The molecule has 7 N–H and O–H groups in total. The summed E-state index contributed by atoms with van der Waals surface area (Å²) in [5.74, 6) is -0.395. The van der Waals surface area contributed by atoms with Crippen molar-refractivity contribution in [3.63, 3.8) is 0 Å². The Morgan fingerprint density at radius 2 is 0.878 bits per heavy atom. The summed E-state index contributed by atoms with van der Waals surface area (Å²) in [6.45, 7) is 3.50. The maximum Gasteiger partial charge on any atom is 0.306 e. The quantitative estimate of drug-likeness (QED) is 0.0172. The summed E-state index contributed by atoms with van der Waals surface area (Å²) in [5, 5.41) is 72.3. The van der Waals surface area contributed by atoms with Gasteiger partial charge in [-0.2, -0.15) is 0 Å². The number of hydrogen-bond acceptors (Lipinski definition) is 14. The molecule has 14 nitrogen and oxygen atoms in total. The predicted molar refractivity (Wildman–Crippen MR) is 293 cm³/mol. The fourth-order valence-corrected chi connectivity index (χ4v) is 8.52. The van der Waals surface area contributed by atoms with E-state index in [-0.39, 0.29) is 19.6 Å². The molecule has 0 saturated carbocycles. The van der Waals surface area contributed by atoms with E-state index < -0.39 is 86.7 Å². The van der Waals surface area contributed by atoms with Crippen molar-refractivity contribution >= 4 is 5.97 Å². The van der Waals surface area contributed by atoms with Gasteiger partial charge in [0.2, 0.25) is 0 Å². The topological polar surface area (TPSA) is 214 Å². The van der Waals surface area contributed by atoms with E-state index in [1.54, 1.807) is 0 Å². The van der Waals surface area contributed by atoms with Gasteiger partial charge in [-0.1, -0.05) is 176 Å². The smallest absolute Gasteiger partial charge is 0.306 e. The van der Waals surface area contributed by atoms with E-state index in [4.69, 9.17) is 28.4 Å². The minimum absolute atomic E-state index is 0.0402. The van der Waals surface area contributed by atoms with Crippen LogP contribution >= 0.6 is 0 Å². The van der Waals surface area contributed by atoms with E-state index in [1.807, 2.05) is 0 Å². The lowest BCUT2D eigenvalue weighted by atomic mass is 9.98. The molecule has 0 spiro atoms. The van der Waals surface area contributed by atoms with E-state index in [2.05, 4.69) is 98.9 Å². The number of rotatable bonds is 45. The Labute approximate surface area is 446 Å². The Morgan fingerprint density at radius 1 is 0.459 bits per heavy atom. The molecule has 0 amide bonds. The van der Waals surface area contributed by atoms with Gasteiger partial charge in [-0.3, -0.25) is 4.79 Å². The first-order chi connectivity index (χ1) is 36.1. The first-order valence-electron chi connectivity index (χ1n) is 28.7. The van der Waals surface area contributed by atoms with Gasteiger partial charge in [-0.25, -0.2) is 0 Å². The third-order valence-corrected chi connectivity index (χ3v) is 13.1. The molecular formula is C60H102O14. The summed E-state index contributed by atoms with van der Waals surface area (Å²) in [7, 11) is 0. The van der Waals surface area contributed by atoms with Crippen molar-refractivity contribution < 1.29 is 69.0 Å². The van der Waals surface area contributed by atoms with Crippen molar-refractivity contribution in [2.75, 3.05) is 33.0 Å². The van der Waals surface area contributed by atoms with Gasteiger partial charge < -0.3 is 64.2 Å². The zero-order chi connectivity index (χ0) is 53.7. The Bertz CT molecular complexity index is 1540. The summed E-state index contributed by atoms with van der Waals surface area (Å²) in [6, 6.07) is 0. The second-order valence-corrected chi connectivity index (χ2v) is 19.7. The van der Waals surface area contributed by atoms with Gasteiger partial charge in [0.15, 0.2) is 12.6 Å². The summed E-state index contributed by atoms with van der Waals surface area (Å²) in [4.78, 5) is 13.1. The molecule has 0 aromatic rings. The highest BCUT2D eigenvalue weighted by molar-refractivity contribution is 5.69. The SMILES string of the molecule is CC/C=C\C/C=C\C/C=C\C/C=C\C/C=C\C/C=C\CCCCCCCOCC(COC1OC(COC2OC(CO)C(O)C(O)C2O)C(O)C(O)C1O)OC(=O)CCCCCCC/C=C\CCCCCCCCC. The molecular weight excluding hydrogens is 945 g/mol. The van der Waals surface area contributed by atoms with Gasteiger partial charge in [0.1, 0.15) is 54.9 Å². The van der Waals surface area contributed by atoms with Crippen molar-refractivity contribution in [3.05, 3.63) is 85.1 Å². The molecule has 0 bridgehead atoms. The van der Waals surface area contributed by atoms with E-state index in [0.717, 1.165) is 116 Å². The van der Waals surface area contributed by atoms with Gasteiger partial charge in [0, 0.05) is 13.0 Å². The van der Waals surface area contributed by atoms with Crippen LogP contribution in [0.4, 0.5) is 0 Å². The van der Waals surface area contributed by atoms with Crippen LogP contribution < -0.4 is 0 Å². The summed E-state index contributed by atoms with van der Waals surface area (Å²) < 4.78 is 34.3. The van der Waals surface area contributed by atoms with Gasteiger partial charge >= 0.3 is 5.97 Å². The number of aliphatic hydroxyl groups excluding tert-OH is 7. The van der Waals surface area contributed by atoms with Crippen molar-refractivity contribution in [1.82, 2.24) is 0 Å². The number of hydrogen-bond donors (Lipinski definition) is 7. The first-order valence-corrected chi connectivity index (χ1v) is 28.7. The Balaban J connectivity index is 1.74. The zero-order valence-corrected chi connectivity index (χ0v) is 45.5. The molecule has 2 aliphatic rings. The van der Waals surface area contributed by atoms with Crippen LogP contribution in [0.5, 0.6) is 0 Å². The number of aliphatic hydroxyl groups is 7. The summed E-state index contributed by atoms with van der Waals surface area (Å²) in [6.07, 6.45) is 43.5. The molecule has 2 rings (SSSR count). The largest absolute Gasteiger partial charge is 0.457 e. The molecule has 426 valence electrons. The van der Waals surface area contributed by atoms with E-state index in [1.165, 1.54) is 44.9 Å². The Kier molecular flexibility index (Phi) is 42.1. The molecule has 0 aromatic carbocycles. The zero-order valence-electron chi connectivity index (χ0n) is 45.5. The Hall–Kier alpha value is -2.83. The fraction of sp³-hybridized carbons (Fsp3) is 0.750. The molecule has 11 unspecified atom stereocenters. The number of ether oxygens (including phenoxy) is 6. The highest BCUT2D eigenvalue weighted by Gasteiger charge is 2.47. The number of unbranched alkanes of at least 4 members (excludes halogenated alkanes) is 17. The lowest BCUT2D eigenvalue weighted by molar-refractivity contribution is -0.332. The average molecular weight is 1050 g/mol. The lowest BCUT2D eigenvalue weighted by Gasteiger charge is -2.42. The molecule has 0 radical (unpaired) electrons. The monoisotopic (exact) mass is 1050 g/mol. The molecule has 0 aliphatic carbocycles. The highest BCUT2D eigenvalue weighted by Crippen LogP contribution is 2.26. The van der Waals surface area contributed by atoms with Crippen molar-refractivity contribution in [3.8, 4) is 0 Å². The number of carbonyl (C=O) groups excluding carboxylic acids is 1. The van der Waals surface area contributed by atoms with E-state index in [0.29, 0.717) is 13.0 Å². The summed E-state index contributed by atoms with van der Waals surface area (Å²) >= 11 is 0. The molecule has 11 atom stereocenters. The van der Waals surface area contributed by atoms with Crippen LogP contribution in [0.2, 0.25) is 0 Å². The third kappa shape index (κ3) is 32.7. The lowest BCUT2D eigenvalue weighted by Crippen LogP contribution is -2.61. The normalized spacial score (nSPS) is 25.4. The molecule has 2 fully saturated rings. The first kappa shape index (κ1) is 67.3. The number of carbonyl (C=O) groups is 1. The van der Waals surface area contributed by atoms with Gasteiger partial charge in [-0.15, -0.1) is 0 Å². The second kappa shape index (κ2) is 46.3. The second-order valence-electron chi connectivity index (χ2n) is 19.7. The van der Waals surface area contributed by atoms with Gasteiger partial charge in [0.25, 0.3) is 0 Å². The molecule has 2 aliphatic heterocycles. The predicted octanol–water partition coefficient (Wildman–Crippen LogP) is 10.0. The maximum absolute atomic E-state index is 13.1. The molecule has 0 aromatic heterocycles. The van der Waals surface area contributed by atoms with Crippen molar-refractivity contribution in [2.45, 2.75) is 255 Å². The van der Waals surface area contributed by atoms with Crippen LogP contribution in [0, 0.1) is 0 Å². The summed E-state index contributed by atoms with van der Waals surface area (Å²) in [5.41, 5.74) is 0. The minimum Gasteiger partial charge on any atom is -0.457 e. The Morgan fingerprint density at radius 3 is 1.39 bits per heavy atom. The van der Waals surface area contributed by atoms with E-state index in [9.17, 15) is 40.5 Å². The molecule has 14 heteroatoms. The fourth-order valence-electron chi connectivity index (χ4n) is 8.52. The van der Waals surface area contributed by atoms with Crippen molar-refractivity contribution in [1.29, 1.82) is 0 Å². The minimum atomic E-state index is -1.72. The van der Waals surface area contributed by atoms with E-state index >= 15 is 0 Å². The third-order valence-electron chi connectivity index (χ3n) is 13.1. The van der Waals surface area contributed by atoms with Crippen LogP contribution in [0.3, 0.4) is 0 Å². The molecule has 2 heterocycles. The van der Waals surface area contributed by atoms with Gasteiger partial charge in [-0.05, 0) is 89.9 Å². The molecule has 74 heavy (non-hydrogen) atoms. The maximum atomic E-state index is 13.1. The number of esters is 1.